The highest BCUT2D eigenvalue weighted by Crippen LogP contribution is 2.33. The summed E-state index contributed by atoms with van der Waals surface area (Å²) in [5.41, 5.74) is 2.66. The molecule has 1 fully saturated rings. The number of aromatic nitrogens is 5. The van der Waals surface area contributed by atoms with Gasteiger partial charge < -0.3 is 15.4 Å². The molecule has 158 valence electrons. The summed E-state index contributed by atoms with van der Waals surface area (Å²) in [6, 6.07) is 9.38. The molecule has 0 saturated carbocycles. The molecular weight excluding hydrogens is 414 g/mol. The largest absolute Gasteiger partial charge is 0.436 e. The van der Waals surface area contributed by atoms with E-state index < -0.39 is 0 Å². The lowest BCUT2D eigenvalue weighted by Gasteiger charge is -2.22. The second-order valence-electron chi connectivity index (χ2n) is 7.59. The standard InChI is InChI=1S/C22H22ClN7O/c1-30-8-6-21(29-30)31-20-5-4-15(9-17(20)23)28-22-16-10-18(14-3-2-7-24-11-14)25-12-19(16)26-13-27-22/h4-6,8-10,12-14,24H,2-3,7,11H2,1H3,(H,26,27,28). The van der Waals surface area contributed by atoms with Crippen molar-refractivity contribution >= 4 is 34.0 Å². The van der Waals surface area contributed by atoms with Crippen molar-refractivity contribution in [2.45, 2.75) is 18.8 Å². The maximum Gasteiger partial charge on any atom is 0.238 e. The number of benzene rings is 1. The van der Waals surface area contributed by atoms with Gasteiger partial charge in [0.25, 0.3) is 0 Å². The number of fused-ring (bicyclic) bond motifs is 1. The topological polar surface area (TPSA) is 89.8 Å². The predicted octanol–water partition coefficient (Wildman–Crippen LogP) is 4.41. The Kier molecular flexibility index (Phi) is 5.40. The number of nitrogens with one attached hydrogen (secondary N) is 2. The van der Waals surface area contributed by atoms with Gasteiger partial charge in [0.1, 0.15) is 17.9 Å². The highest BCUT2D eigenvalue weighted by atomic mass is 35.5. The molecule has 1 aliphatic rings. The van der Waals surface area contributed by atoms with Crippen molar-refractivity contribution in [3.8, 4) is 11.6 Å². The molecule has 4 aromatic rings. The van der Waals surface area contributed by atoms with Gasteiger partial charge in [-0.25, -0.2) is 9.97 Å². The monoisotopic (exact) mass is 435 g/mol. The van der Waals surface area contributed by atoms with E-state index in [-0.39, 0.29) is 0 Å². The molecule has 3 aromatic heterocycles. The van der Waals surface area contributed by atoms with E-state index in [2.05, 4.69) is 36.8 Å². The molecule has 0 bridgehead atoms. The summed E-state index contributed by atoms with van der Waals surface area (Å²) in [6.45, 7) is 2.02. The summed E-state index contributed by atoms with van der Waals surface area (Å²) in [6.07, 6.45) is 7.46. The van der Waals surface area contributed by atoms with Crippen LogP contribution in [0.1, 0.15) is 24.5 Å². The molecule has 1 aromatic carbocycles. The maximum atomic E-state index is 6.45. The number of piperidine rings is 1. The molecular formula is C22H22ClN7O. The van der Waals surface area contributed by atoms with Crippen molar-refractivity contribution in [2.24, 2.45) is 7.05 Å². The third-order valence-electron chi connectivity index (χ3n) is 5.36. The minimum Gasteiger partial charge on any atom is -0.436 e. The normalized spacial score (nSPS) is 16.4. The van der Waals surface area contributed by atoms with Gasteiger partial charge in [-0.2, -0.15) is 0 Å². The lowest BCUT2D eigenvalue weighted by atomic mass is 9.95. The third kappa shape index (κ3) is 4.30. The zero-order valence-corrected chi connectivity index (χ0v) is 17.8. The average Bonchev–Trinajstić information content (AvgIpc) is 3.21. The molecule has 2 N–H and O–H groups in total. The van der Waals surface area contributed by atoms with Crippen molar-refractivity contribution in [2.75, 3.05) is 18.4 Å². The molecule has 5 rings (SSSR count). The summed E-state index contributed by atoms with van der Waals surface area (Å²) in [7, 11) is 1.83. The molecule has 9 heteroatoms. The fourth-order valence-corrected chi connectivity index (χ4v) is 3.98. The molecule has 4 heterocycles. The van der Waals surface area contributed by atoms with Gasteiger partial charge >= 0.3 is 0 Å². The zero-order valence-electron chi connectivity index (χ0n) is 17.0. The second kappa shape index (κ2) is 8.49. The molecule has 0 radical (unpaired) electrons. The van der Waals surface area contributed by atoms with Crippen LogP contribution in [0.4, 0.5) is 11.5 Å². The number of anilines is 2. The number of halogens is 1. The predicted molar refractivity (Wildman–Crippen MR) is 120 cm³/mol. The van der Waals surface area contributed by atoms with Crippen molar-refractivity contribution in [1.29, 1.82) is 0 Å². The number of pyridine rings is 1. The maximum absolute atomic E-state index is 6.45. The number of aryl methyl sites for hydroxylation is 1. The number of hydrogen-bond donors (Lipinski definition) is 2. The van der Waals surface area contributed by atoms with Crippen LogP contribution in [0.15, 0.2) is 49.1 Å². The van der Waals surface area contributed by atoms with Crippen LogP contribution in [0.2, 0.25) is 5.02 Å². The minimum atomic E-state index is 0.406. The van der Waals surface area contributed by atoms with Crippen molar-refractivity contribution in [1.82, 2.24) is 30.0 Å². The Morgan fingerprint density at radius 3 is 2.90 bits per heavy atom. The first-order valence-electron chi connectivity index (χ1n) is 10.2. The van der Waals surface area contributed by atoms with Crippen LogP contribution in [0.3, 0.4) is 0 Å². The number of ether oxygens (including phenoxy) is 1. The molecule has 1 aliphatic heterocycles. The van der Waals surface area contributed by atoms with E-state index in [1.807, 2.05) is 31.6 Å². The van der Waals surface area contributed by atoms with Crippen molar-refractivity contribution in [3.63, 3.8) is 0 Å². The Morgan fingerprint density at radius 1 is 1.19 bits per heavy atom. The summed E-state index contributed by atoms with van der Waals surface area (Å²) in [5, 5.41) is 12.4. The van der Waals surface area contributed by atoms with Gasteiger partial charge in [0.15, 0.2) is 0 Å². The zero-order chi connectivity index (χ0) is 21.2. The second-order valence-corrected chi connectivity index (χ2v) is 8.00. The molecule has 1 unspecified atom stereocenters. The van der Waals surface area contributed by atoms with Gasteiger partial charge in [-0.3, -0.25) is 9.67 Å². The van der Waals surface area contributed by atoms with Gasteiger partial charge in [0.05, 0.1) is 16.7 Å². The molecule has 1 atom stereocenters. The van der Waals surface area contributed by atoms with E-state index in [9.17, 15) is 0 Å². The highest BCUT2D eigenvalue weighted by Gasteiger charge is 2.18. The van der Waals surface area contributed by atoms with E-state index in [4.69, 9.17) is 16.3 Å². The first-order valence-corrected chi connectivity index (χ1v) is 10.6. The van der Waals surface area contributed by atoms with Crippen LogP contribution < -0.4 is 15.4 Å². The number of hydrogen-bond acceptors (Lipinski definition) is 7. The lowest BCUT2D eigenvalue weighted by Crippen LogP contribution is -2.28. The van der Waals surface area contributed by atoms with E-state index in [1.165, 1.54) is 6.33 Å². The Hall–Kier alpha value is -3.23. The molecule has 1 saturated heterocycles. The van der Waals surface area contributed by atoms with Gasteiger partial charge in [-0.15, -0.1) is 5.10 Å². The SMILES string of the molecule is Cn1ccc(Oc2ccc(Nc3ncnc4cnc(C5CCCNC5)cc34)cc2Cl)n1. The quantitative estimate of drug-likeness (QED) is 0.479. The molecule has 8 nitrogen and oxygen atoms in total. The molecule has 0 amide bonds. The Labute approximate surface area is 184 Å². The van der Waals surface area contributed by atoms with Crippen LogP contribution >= 0.6 is 11.6 Å². The highest BCUT2D eigenvalue weighted by molar-refractivity contribution is 6.32. The number of nitrogens with zero attached hydrogens (tertiary/aromatic N) is 5. The smallest absolute Gasteiger partial charge is 0.238 e. The van der Waals surface area contributed by atoms with Gasteiger partial charge in [0.2, 0.25) is 5.88 Å². The van der Waals surface area contributed by atoms with Crippen LogP contribution in [0.5, 0.6) is 11.6 Å². The van der Waals surface area contributed by atoms with E-state index in [0.717, 1.165) is 48.2 Å². The van der Waals surface area contributed by atoms with E-state index >= 15 is 0 Å². The summed E-state index contributed by atoms with van der Waals surface area (Å²) < 4.78 is 7.43. The van der Waals surface area contributed by atoms with E-state index in [1.54, 1.807) is 16.8 Å². The number of rotatable bonds is 5. The Bertz CT molecular complexity index is 1220. The lowest BCUT2D eigenvalue weighted by molar-refractivity contribution is 0.454. The summed E-state index contributed by atoms with van der Waals surface area (Å²) in [4.78, 5) is 13.5. The van der Waals surface area contributed by atoms with Gasteiger partial charge in [-0.05, 0) is 43.7 Å². The van der Waals surface area contributed by atoms with Gasteiger partial charge in [0, 0.05) is 48.5 Å². The first-order chi connectivity index (χ1) is 15.2. The summed E-state index contributed by atoms with van der Waals surface area (Å²) >= 11 is 6.45. The third-order valence-corrected chi connectivity index (χ3v) is 5.65. The Morgan fingerprint density at radius 2 is 2.13 bits per heavy atom. The Balaban J connectivity index is 1.41. The van der Waals surface area contributed by atoms with E-state index in [0.29, 0.717) is 28.4 Å². The fourth-order valence-electron chi connectivity index (χ4n) is 3.76. The average molecular weight is 436 g/mol. The van der Waals surface area contributed by atoms with Crippen LogP contribution in [0, 0.1) is 0 Å². The molecule has 0 aliphatic carbocycles. The van der Waals surface area contributed by atoms with Gasteiger partial charge in [-0.1, -0.05) is 11.6 Å². The van der Waals surface area contributed by atoms with Crippen molar-refractivity contribution in [3.05, 3.63) is 59.8 Å². The van der Waals surface area contributed by atoms with Crippen molar-refractivity contribution < 1.29 is 4.74 Å². The minimum absolute atomic E-state index is 0.406. The fraction of sp³-hybridized carbons (Fsp3) is 0.273. The van der Waals surface area contributed by atoms with Crippen LogP contribution in [0.25, 0.3) is 10.9 Å². The molecule has 0 spiro atoms. The van der Waals surface area contributed by atoms with Crippen LogP contribution in [-0.2, 0) is 7.05 Å². The van der Waals surface area contributed by atoms with Crippen LogP contribution in [-0.4, -0.2) is 37.8 Å². The first kappa shape index (κ1) is 19.7. The summed E-state index contributed by atoms with van der Waals surface area (Å²) in [5.74, 6) is 2.15. The molecule has 31 heavy (non-hydrogen) atoms.